The largest absolute Gasteiger partial charge is 0.457 e. The first-order valence-corrected chi connectivity index (χ1v) is 23.3. The SMILES string of the molecule is C1CCCCCCCCCCCCCCCCCCCCCCCCCCCCCCCCCCCCCCCC1.C=CC(=O)OC(C)(C)C. The van der Waals surface area contributed by atoms with Crippen LogP contribution in [0.15, 0.2) is 12.7 Å². The quantitative estimate of drug-likeness (QED) is 0.201. The van der Waals surface area contributed by atoms with E-state index in [0.29, 0.717) is 0 Å². The molecule has 2 nitrogen and oxygen atoms in total. The van der Waals surface area contributed by atoms with Crippen LogP contribution in [0, 0.1) is 0 Å². The van der Waals surface area contributed by atoms with E-state index in [1.54, 1.807) is 0 Å². The fourth-order valence-corrected chi connectivity index (χ4v) is 7.59. The number of carbonyl (C=O) groups excluding carboxylic acids is 1. The van der Waals surface area contributed by atoms with E-state index in [1.165, 1.54) is 263 Å². The van der Waals surface area contributed by atoms with E-state index in [-0.39, 0.29) is 5.97 Å². The van der Waals surface area contributed by atoms with Crippen molar-refractivity contribution in [3.8, 4) is 0 Å². The Kier molecular flexibility index (Phi) is 40.3. The van der Waals surface area contributed by atoms with Crippen LogP contribution in [-0.2, 0) is 9.53 Å². The lowest BCUT2D eigenvalue weighted by Gasteiger charge is -2.17. The number of esters is 1. The normalized spacial score (nSPS) is 21.6. The van der Waals surface area contributed by atoms with Crippen molar-refractivity contribution >= 4 is 5.97 Å². The minimum Gasteiger partial charge on any atom is -0.457 e. The van der Waals surface area contributed by atoms with Crippen LogP contribution >= 0.6 is 0 Å². The molecule has 0 atom stereocenters. The van der Waals surface area contributed by atoms with E-state index >= 15 is 0 Å². The second-order valence-electron chi connectivity index (χ2n) is 17.2. The van der Waals surface area contributed by atoms with E-state index in [1.807, 2.05) is 20.8 Å². The van der Waals surface area contributed by atoms with E-state index < -0.39 is 5.60 Å². The molecule has 0 aliphatic heterocycles. The summed E-state index contributed by atoms with van der Waals surface area (Å²) < 4.78 is 4.83. The zero-order valence-electron chi connectivity index (χ0n) is 35.1. The van der Waals surface area contributed by atoms with Gasteiger partial charge in [0, 0.05) is 6.08 Å². The Bertz CT molecular complexity index is 442. The molecular formula is C48H94O2. The molecule has 298 valence electrons. The molecule has 1 rings (SSSR count). The first-order valence-electron chi connectivity index (χ1n) is 23.3. The van der Waals surface area contributed by atoms with Crippen LogP contribution < -0.4 is 0 Å². The van der Waals surface area contributed by atoms with Crippen LogP contribution in [0.4, 0.5) is 0 Å². The number of hydrogen-bond donors (Lipinski definition) is 0. The van der Waals surface area contributed by atoms with Gasteiger partial charge in [0.2, 0.25) is 0 Å². The van der Waals surface area contributed by atoms with Gasteiger partial charge in [-0.15, -0.1) is 0 Å². The monoisotopic (exact) mass is 703 g/mol. The molecule has 0 radical (unpaired) electrons. The summed E-state index contributed by atoms with van der Waals surface area (Å²) in [5, 5.41) is 0. The van der Waals surface area contributed by atoms with Crippen LogP contribution in [0.3, 0.4) is 0 Å². The molecular weight excluding hydrogens is 609 g/mol. The smallest absolute Gasteiger partial charge is 0.330 e. The molecule has 1 aliphatic rings. The topological polar surface area (TPSA) is 26.3 Å². The zero-order chi connectivity index (χ0) is 36.5. The zero-order valence-corrected chi connectivity index (χ0v) is 35.1. The summed E-state index contributed by atoms with van der Waals surface area (Å²) >= 11 is 0. The van der Waals surface area contributed by atoms with Crippen molar-refractivity contribution in [2.75, 3.05) is 0 Å². The predicted octanol–water partition coefficient (Wildman–Crippen LogP) is 17.5. The maximum absolute atomic E-state index is 10.5. The van der Waals surface area contributed by atoms with E-state index in [2.05, 4.69) is 6.58 Å². The van der Waals surface area contributed by atoms with Gasteiger partial charge in [-0.25, -0.2) is 4.79 Å². The standard InChI is InChI=1S/C41H82.C7H12O2/c1-2-4-6-8-10-12-14-16-18-20-22-24-26-28-30-32-34-36-38-40-41-39-37-35-33-31-29-27-25-23-21-19-17-15-13-11-9-7-5-3-1;1-5-6(8)9-7(2,3)4/h1-41H2;5H,1H2,2-4H3. The minimum absolute atomic E-state index is 0.373. The molecule has 0 aromatic heterocycles. The molecule has 0 N–H and O–H groups in total. The van der Waals surface area contributed by atoms with E-state index in [9.17, 15) is 4.79 Å². The Morgan fingerprint density at radius 2 is 0.420 bits per heavy atom. The Hall–Kier alpha value is -0.790. The molecule has 0 spiro atoms. The summed E-state index contributed by atoms with van der Waals surface area (Å²) in [6.45, 7) is 8.71. The maximum Gasteiger partial charge on any atom is 0.330 e. The summed E-state index contributed by atoms with van der Waals surface area (Å²) in [7, 11) is 0. The third-order valence-electron chi connectivity index (χ3n) is 10.8. The molecule has 1 fully saturated rings. The highest BCUT2D eigenvalue weighted by Crippen LogP contribution is 2.18. The maximum atomic E-state index is 10.5. The molecule has 0 unspecified atom stereocenters. The molecule has 0 aromatic carbocycles. The van der Waals surface area contributed by atoms with Crippen LogP contribution in [0.2, 0.25) is 0 Å². The first-order chi connectivity index (χ1) is 24.5. The van der Waals surface area contributed by atoms with Gasteiger partial charge >= 0.3 is 5.97 Å². The second kappa shape index (κ2) is 41.0. The Morgan fingerprint density at radius 3 is 0.460 bits per heavy atom. The third-order valence-corrected chi connectivity index (χ3v) is 10.8. The molecule has 0 amide bonds. The Morgan fingerprint density at radius 1 is 0.320 bits per heavy atom. The average Bonchev–Trinajstić information content (AvgIpc) is 3.09. The fraction of sp³-hybridized carbons (Fsp3) is 0.938. The predicted molar refractivity (Wildman–Crippen MR) is 225 cm³/mol. The van der Waals surface area contributed by atoms with Crippen molar-refractivity contribution in [2.24, 2.45) is 0 Å². The van der Waals surface area contributed by atoms with Crippen LogP contribution in [0.1, 0.15) is 284 Å². The van der Waals surface area contributed by atoms with Crippen molar-refractivity contribution in [1.29, 1.82) is 0 Å². The van der Waals surface area contributed by atoms with Crippen molar-refractivity contribution in [3.63, 3.8) is 0 Å². The molecule has 1 saturated carbocycles. The fourth-order valence-electron chi connectivity index (χ4n) is 7.59. The van der Waals surface area contributed by atoms with Crippen molar-refractivity contribution in [1.82, 2.24) is 0 Å². The Balaban J connectivity index is 0.00000233. The number of rotatable bonds is 1. The summed E-state index contributed by atoms with van der Waals surface area (Å²) in [4.78, 5) is 10.5. The molecule has 0 saturated heterocycles. The summed E-state index contributed by atoms with van der Waals surface area (Å²) in [6, 6.07) is 0. The lowest BCUT2D eigenvalue weighted by molar-refractivity contribution is -0.148. The third kappa shape index (κ3) is 45.2. The molecule has 2 heteroatoms. The molecule has 50 heavy (non-hydrogen) atoms. The van der Waals surface area contributed by atoms with Crippen LogP contribution in [-0.4, -0.2) is 11.6 Å². The molecule has 0 heterocycles. The van der Waals surface area contributed by atoms with Crippen molar-refractivity contribution in [3.05, 3.63) is 12.7 Å². The number of ether oxygens (including phenoxy) is 1. The van der Waals surface area contributed by atoms with Crippen molar-refractivity contribution in [2.45, 2.75) is 290 Å². The van der Waals surface area contributed by atoms with Gasteiger partial charge in [-0.05, 0) is 20.8 Å². The van der Waals surface area contributed by atoms with Gasteiger partial charge in [-0.1, -0.05) is 270 Å². The average molecular weight is 703 g/mol. The van der Waals surface area contributed by atoms with Crippen molar-refractivity contribution < 1.29 is 9.53 Å². The summed E-state index contributed by atoms with van der Waals surface area (Å²) in [5.74, 6) is -0.373. The van der Waals surface area contributed by atoms with Gasteiger partial charge in [0.15, 0.2) is 0 Å². The van der Waals surface area contributed by atoms with Crippen LogP contribution in [0.25, 0.3) is 0 Å². The van der Waals surface area contributed by atoms with Gasteiger partial charge in [-0.2, -0.15) is 0 Å². The summed E-state index contributed by atoms with van der Waals surface area (Å²) in [6.07, 6.45) is 62.7. The van der Waals surface area contributed by atoms with Gasteiger partial charge < -0.3 is 4.74 Å². The van der Waals surface area contributed by atoms with Gasteiger partial charge in [0.1, 0.15) is 5.60 Å². The first kappa shape index (κ1) is 49.2. The van der Waals surface area contributed by atoms with Crippen LogP contribution in [0.5, 0.6) is 0 Å². The highest BCUT2D eigenvalue weighted by molar-refractivity contribution is 5.81. The lowest BCUT2D eigenvalue weighted by Crippen LogP contribution is -2.22. The van der Waals surface area contributed by atoms with E-state index in [0.717, 1.165) is 6.08 Å². The molecule has 1 aliphatic carbocycles. The highest BCUT2D eigenvalue weighted by Gasteiger charge is 2.13. The van der Waals surface area contributed by atoms with Gasteiger partial charge in [-0.3, -0.25) is 0 Å². The number of hydrogen-bond acceptors (Lipinski definition) is 2. The van der Waals surface area contributed by atoms with Gasteiger partial charge in [0.25, 0.3) is 0 Å². The lowest BCUT2D eigenvalue weighted by atomic mass is 10.0. The minimum atomic E-state index is -0.398. The van der Waals surface area contributed by atoms with Gasteiger partial charge in [0.05, 0.1) is 0 Å². The number of carbonyl (C=O) groups is 1. The second-order valence-corrected chi connectivity index (χ2v) is 17.2. The Labute approximate surface area is 316 Å². The van der Waals surface area contributed by atoms with E-state index in [4.69, 9.17) is 4.74 Å². The summed E-state index contributed by atoms with van der Waals surface area (Å²) in [5.41, 5.74) is -0.398. The molecule has 0 aromatic rings. The molecule has 0 bridgehead atoms. The highest BCUT2D eigenvalue weighted by atomic mass is 16.6.